The summed E-state index contributed by atoms with van der Waals surface area (Å²) in [7, 11) is 0. The van der Waals surface area contributed by atoms with E-state index in [0.717, 1.165) is 10.8 Å². The maximum absolute atomic E-state index is 10.2. The lowest BCUT2D eigenvalue weighted by molar-refractivity contribution is -0.332. The lowest BCUT2D eigenvalue weighted by Crippen LogP contribution is -2.66. The van der Waals surface area contributed by atoms with Gasteiger partial charge < -0.3 is 14.9 Å². The topological polar surface area (TPSA) is 49.7 Å². The van der Waals surface area contributed by atoms with E-state index in [2.05, 4.69) is 28.7 Å². The molecule has 1 heterocycles. The van der Waals surface area contributed by atoms with Crippen LogP contribution in [0.2, 0.25) is 0 Å². The van der Waals surface area contributed by atoms with Crippen molar-refractivity contribution in [2.75, 3.05) is 4.43 Å². The van der Waals surface area contributed by atoms with Crippen LogP contribution in [0, 0.1) is 17.8 Å². The second kappa shape index (κ2) is 3.18. The molecular weight excluding hydrogens is 307 g/mol. The van der Waals surface area contributed by atoms with Gasteiger partial charge in [0, 0.05) is 16.3 Å². The van der Waals surface area contributed by atoms with Gasteiger partial charge in [-0.05, 0) is 19.3 Å². The molecule has 3 rings (SSSR count). The van der Waals surface area contributed by atoms with Crippen molar-refractivity contribution >= 4 is 22.6 Å². The fraction of sp³-hybridized carbons (Fsp3) is 0.818. The van der Waals surface area contributed by atoms with Gasteiger partial charge >= 0.3 is 0 Å². The third kappa shape index (κ3) is 1.11. The number of halogens is 1. The Balaban J connectivity index is 1.99. The number of allylic oxidation sites excluding steroid dienone is 1. The van der Waals surface area contributed by atoms with Gasteiger partial charge in [-0.15, -0.1) is 0 Å². The van der Waals surface area contributed by atoms with Crippen LogP contribution in [0.1, 0.15) is 13.3 Å². The number of aliphatic hydroxyl groups excluding tert-OH is 1. The molecule has 3 aliphatic rings. The molecule has 0 bridgehead atoms. The van der Waals surface area contributed by atoms with Gasteiger partial charge in [0.2, 0.25) is 0 Å². The number of hydrogen-bond acceptors (Lipinski definition) is 3. The fourth-order valence-corrected chi connectivity index (χ4v) is 4.34. The van der Waals surface area contributed by atoms with E-state index in [-0.39, 0.29) is 17.9 Å². The van der Waals surface area contributed by atoms with Gasteiger partial charge in [-0.25, -0.2) is 0 Å². The Kier molecular flexibility index (Phi) is 2.23. The molecule has 6 atom stereocenters. The molecule has 0 aromatic carbocycles. The van der Waals surface area contributed by atoms with E-state index in [0.29, 0.717) is 5.92 Å². The molecule has 0 aromatic rings. The number of aliphatic hydroxyl groups is 2. The van der Waals surface area contributed by atoms with Gasteiger partial charge in [0.05, 0.1) is 6.10 Å². The van der Waals surface area contributed by atoms with Crippen molar-refractivity contribution in [3.8, 4) is 0 Å². The Morgan fingerprint density at radius 1 is 1.67 bits per heavy atom. The summed E-state index contributed by atoms with van der Waals surface area (Å²) < 4.78 is 6.52. The minimum absolute atomic E-state index is 0.101. The lowest BCUT2D eigenvalue weighted by atomic mass is 9.56. The van der Waals surface area contributed by atoms with Gasteiger partial charge in [0.1, 0.15) is 6.10 Å². The second-order valence-corrected chi connectivity index (χ2v) is 5.79. The third-order valence-corrected chi connectivity index (χ3v) is 5.17. The van der Waals surface area contributed by atoms with Crippen molar-refractivity contribution in [1.82, 2.24) is 0 Å². The van der Waals surface area contributed by atoms with Crippen molar-refractivity contribution in [3.05, 3.63) is 11.6 Å². The fourth-order valence-electron chi connectivity index (χ4n) is 3.51. The maximum Gasteiger partial charge on any atom is 0.196 e. The molecule has 4 heteroatoms. The lowest BCUT2D eigenvalue weighted by Gasteiger charge is -2.54. The zero-order valence-electron chi connectivity index (χ0n) is 8.56. The first kappa shape index (κ1) is 10.5. The van der Waals surface area contributed by atoms with Crippen LogP contribution in [-0.2, 0) is 4.74 Å². The summed E-state index contributed by atoms with van der Waals surface area (Å²) in [5, 5.41) is 20.2. The van der Waals surface area contributed by atoms with Crippen LogP contribution in [0.3, 0.4) is 0 Å². The van der Waals surface area contributed by atoms with E-state index in [1.54, 1.807) is 0 Å². The van der Waals surface area contributed by atoms with Gasteiger partial charge in [0.15, 0.2) is 5.79 Å². The number of alkyl halides is 1. The Hall–Kier alpha value is 0.350. The van der Waals surface area contributed by atoms with Gasteiger partial charge in [-0.3, -0.25) is 0 Å². The van der Waals surface area contributed by atoms with E-state index >= 15 is 0 Å². The predicted octanol–water partition coefficient (Wildman–Crippen LogP) is 1.08. The Morgan fingerprint density at radius 2 is 2.40 bits per heavy atom. The first-order valence-corrected chi connectivity index (χ1v) is 6.93. The molecule has 3 nitrogen and oxygen atoms in total. The Bertz CT molecular complexity index is 330. The number of rotatable bonds is 1. The molecule has 1 saturated heterocycles. The van der Waals surface area contributed by atoms with Crippen molar-refractivity contribution < 1.29 is 14.9 Å². The summed E-state index contributed by atoms with van der Waals surface area (Å²) in [5.74, 6) is -0.608. The zero-order valence-corrected chi connectivity index (χ0v) is 10.7. The molecule has 0 aromatic heterocycles. The van der Waals surface area contributed by atoms with Crippen LogP contribution in [0.4, 0.5) is 0 Å². The smallest absolute Gasteiger partial charge is 0.196 e. The summed E-state index contributed by atoms with van der Waals surface area (Å²) in [6, 6.07) is 0. The molecule has 2 fully saturated rings. The average Bonchev–Trinajstić information content (AvgIpc) is 2.51. The van der Waals surface area contributed by atoms with E-state index in [9.17, 15) is 10.2 Å². The maximum atomic E-state index is 10.2. The molecule has 0 amide bonds. The quantitative estimate of drug-likeness (QED) is 0.432. The largest absolute Gasteiger partial charge is 0.387 e. The van der Waals surface area contributed by atoms with Crippen LogP contribution >= 0.6 is 22.6 Å². The molecule has 2 N–H and O–H groups in total. The van der Waals surface area contributed by atoms with Gasteiger partial charge in [0.25, 0.3) is 0 Å². The number of ether oxygens (including phenoxy) is 1. The summed E-state index contributed by atoms with van der Waals surface area (Å²) in [4.78, 5) is 0. The Labute approximate surface area is 103 Å². The molecule has 1 aliphatic heterocycles. The highest BCUT2D eigenvalue weighted by Gasteiger charge is 2.71. The third-order valence-electron chi connectivity index (χ3n) is 4.30. The standard InChI is InChI=1S/C11H15IO3/c1-5-2-3-6-7(4-12)15-11(14)9(6)8(5)10(11)13/h2,6-10,13-14H,3-4H2,1H3/t6-,7-,8-,9+,10+,11+/m1/s1. The summed E-state index contributed by atoms with van der Waals surface area (Å²) in [6.07, 6.45) is 2.55. The van der Waals surface area contributed by atoms with E-state index in [1.165, 1.54) is 5.57 Å². The normalized spacial score (nSPS) is 57.1. The molecule has 0 unspecified atom stereocenters. The summed E-state index contributed by atoms with van der Waals surface area (Å²) >= 11 is 2.29. The van der Waals surface area contributed by atoms with Crippen LogP contribution in [-0.4, -0.2) is 32.6 Å². The van der Waals surface area contributed by atoms with E-state index in [4.69, 9.17) is 4.74 Å². The highest BCUT2D eigenvalue weighted by Crippen LogP contribution is 2.61. The van der Waals surface area contributed by atoms with E-state index in [1.807, 2.05) is 6.92 Å². The first-order chi connectivity index (χ1) is 7.09. The zero-order chi connectivity index (χ0) is 10.8. The molecule has 0 spiro atoms. The molecule has 15 heavy (non-hydrogen) atoms. The molecule has 84 valence electrons. The molecule has 1 saturated carbocycles. The van der Waals surface area contributed by atoms with Crippen LogP contribution in [0.15, 0.2) is 11.6 Å². The summed E-state index contributed by atoms with van der Waals surface area (Å²) in [5.41, 5.74) is 1.21. The first-order valence-electron chi connectivity index (χ1n) is 5.40. The van der Waals surface area contributed by atoms with E-state index < -0.39 is 11.9 Å². The van der Waals surface area contributed by atoms with Gasteiger partial charge in [-0.2, -0.15) is 0 Å². The number of hydrogen-bond donors (Lipinski definition) is 2. The Morgan fingerprint density at radius 3 is 3.07 bits per heavy atom. The molecule has 2 aliphatic carbocycles. The van der Waals surface area contributed by atoms with Gasteiger partial charge in [-0.1, -0.05) is 34.2 Å². The molecular formula is C11H15IO3. The van der Waals surface area contributed by atoms with Crippen molar-refractivity contribution in [2.45, 2.75) is 31.3 Å². The second-order valence-electron chi connectivity index (χ2n) is 4.91. The predicted molar refractivity (Wildman–Crippen MR) is 63.6 cm³/mol. The van der Waals surface area contributed by atoms with Crippen LogP contribution in [0.25, 0.3) is 0 Å². The highest BCUT2D eigenvalue weighted by atomic mass is 127. The van der Waals surface area contributed by atoms with Crippen LogP contribution < -0.4 is 0 Å². The van der Waals surface area contributed by atoms with Crippen molar-refractivity contribution in [3.63, 3.8) is 0 Å². The average molecular weight is 322 g/mol. The van der Waals surface area contributed by atoms with Crippen LogP contribution in [0.5, 0.6) is 0 Å². The SMILES string of the molecule is CC1=CC[C@H]2[C@H]3[C@@H]1[C@H](O)[C@@]3(O)O[C@@H]2CI. The highest BCUT2D eigenvalue weighted by molar-refractivity contribution is 14.1. The molecule has 0 radical (unpaired) electrons. The van der Waals surface area contributed by atoms with Crippen molar-refractivity contribution in [1.29, 1.82) is 0 Å². The minimum atomic E-state index is -1.25. The minimum Gasteiger partial charge on any atom is -0.387 e. The van der Waals surface area contributed by atoms with Crippen molar-refractivity contribution in [2.24, 2.45) is 17.8 Å². The monoisotopic (exact) mass is 322 g/mol. The summed E-state index contributed by atoms with van der Waals surface area (Å²) in [6.45, 7) is 2.04.